The van der Waals surface area contributed by atoms with Crippen LogP contribution in [-0.4, -0.2) is 18.7 Å². The van der Waals surface area contributed by atoms with Crippen LogP contribution in [0.1, 0.15) is 0 Å². The van der Waals surface area contributed by atoms with E-state index in [1.807, 2.05) is 38.4 Å². The Morgan fingerprint density at radius 1 is 1.17 bits per heavy atom. The Bertz CT molecular complexity index is 1150. The van der Waals surface area contributed by atoms with Crippen molar-refractivity contribution in [2.75, 3.05) is 29.0 Å². The fraction of sp³-hybridized carbons (Fsp3) is 0.136. The number of aryl methyl sites for hydroxylation is 1. The predicted molar refractivity (Wildman–Crippen MR) is 128 cm³/mol. The summed E-state index contributed by atoms with van der Waals surface area (Å²) in [7, 11) is 5.37. The van der Waals surface area contributed by atoms with E-state index in [1.54, 1.807) is 34.2 Å². The molecule has 5 nitrogen and oxygen atoms in total. The molecule has 3 aromatic rings. The van der Waals surface area contributed by atoms with Gasteiger partial charge in [0.15, 0.2) is 0 Å². The number of pyridine rings is 1. The molecule has 0 aliphatic heterocycles. The van der Waals surface area contributed by atoms with Crippen LogP contribution in [0.2, 0.25) is 5.02 Å². The van der Waals surface area contributed by atoms with Gasteiger partial charge in [0.25, 0.3) is 5.56 Å². The van der Waals surface area contributed by atoms with E-state index in [4.69, 9.17) is 11.6 Å². The lowest BCUT2D eigenvalue weighted by atomic mass is 10.0. The molecule has 0 spiro atoms. The molecule has 0 aliphatic carbocycles. The lowest BCUT2D eigenvalue weighted by Gasteiger charge is -2.18. The molecule has 0 unspecified atom stereocenters. The lowest BCUT2D eigenvalue weighted by molar-refractivity contribution is 0.629. The van der Waals surface area contributed by atoms with Gasteiger partial charge in [0.2, 0.25) is 0 Å². The van der Waals surface area contributed by atoms with Gasteiger partial charge in [-0.3, -0.25) is 4.79 Å². The summed E-state index contributed by atoms with van der Waals surface area (Å²) in [6.45, 7) is 3.70. The van der Waals surface area contributed by atoms with Gasteiger partial charge in [0.05, 0.1) is 5.02 Å². The minimum Gasteiger partial charge on any atom is -0.373 e. The standard InChI is InChI=1S/C22H22ClFN4OS/c1-5-30-26-16-7-9-20(25-15-6-8-18(23)19(24)12-15)17(11-16)14-10-21(27(2)3)22(29)28(4)13-14/h5-13,25-26H,1H2,2-4H3. The van der Waals surface area contributed by atoms with E-state index < -0.39 is 5.82 Å². The van der Waals surface area contributed by atoms with E-state index in [-0.39, 0.29) is 10.6 Å². The SMILES string of the molecule is C=CSNc1ccc(Nc2ccc(Cl)c(F)c2)c(-c2cc(N(C)C)c(=O)n(C)c2)c1. The van der Waals surface area contributed by atoms with Crippen LogP contribution in [0, 0.1) is 5.82 Å². The third-order valence-electron chi connectivity index (χ3n) is 4.44. The van der Waals surface area contributed by atoms with E-state index in [1.165, 1.54) is 24.1 Å². The van der Waals surface area contributed by atoms with Crippen LogP contribution in [0.25, 0.3) is 11.1 Å². The molecule has 0 bridgehead atoms. The van der Waals surface area contributed by atoms with Crippen molar-refractivity contribution in [2.24, 2.45) is 7.05 Å². The molecule has 156 valence electrons. The van der Waals surface area contributed by atoms with E-state index >= 15 is 0 Å². The molecule has 0 saturated carbocycles. The van der Waals surface area contributed by atoms with Crippen LogP contribution in [0.4, 0.5) is 27.1 Å². The molecule has 1 heterocycles. The minimum absolute atomic E-state index is 0.0652. The second-order valence-electron chi connectivity index (χ2n) is 6.83. The van der Waals surface area contributed by atoms with Gasteiger partial charge in [-0.1, -0.05) is 18.2 Å². The van der Waals surface area contributed by atoms with Crippen molar-refractivity contribution in [1.82, 2.24) is 4.57 Å². The van der Waals surface area contributed by atoms with E-state index in [9.17, 15) is 9.18 Å². The summed E-state index contributed by atoms with van der Waals surface area (Å²) >= 11 is 7.16. The van der Waals surface area contributed by atoms with Crippen molar-refractivity contribution >= 4 is 46.3 Å². The largest absolute Gasteiger partial charge is 0.373 e. The van der Waals surface area contributed by atoms with Gasteiger partial charge in [-0.2, -0.15) is 0 Å². The number of aromatic nitrogens is 1. The van der Waals surface area contributed by atoms with E-state index in [2.05, 4.69) is 16.6 Å². The van der Waals surface area contributed by atoms with Gasteiger partial charge in [0.1, 0.15) is 11.5 Å². The van der Waals surface area contributed by atoms with Crippen LogP contribution in [-0.2, 0) is 7.05 Å². The number of hydrogen-bond acceptors (Lipinski definition) is 5. The highest BCUT2D eigenvalue weighted by molar-refractivity contribution is 8.03. The Morgan fingerprint density at radius 3 is 2.57 bits per heavy atom. The smallest absolute Gasteiger partial charge is 0.273 e. The van der Waals surface area contributed by atoms with Gasteiger partial charge in [-0.15, -0.1) is 0 Å². The van der Waals surface area contributed by atoms with Gasteiger partial charge in [-0.25, -0.2) is 4.39 Å². The number of anilines is 4. The number of halogens is 2. The number of nitrogens with zero attached hydrogens (tertiary/aromatic N) is 2. The predicted octanol–water partition coefficient (Wildman–Crippen LogP) is 5.86. The molecule has 30 heavy (non-hydrogen) atoms. The maximum atomic E-state index is 13.9. The highest BCUT2D eigenvalue weighted by atomic mass is 35.5. The quantitative estimate of drug-likeness (QED) is 0.447. The zero-order valence-electron chi connectivity index (χ0n) is 16.9. The summed E-state index contributed by atoms with van der Waals surface area (Å²) in [6.07, 6.45) is 1.78. The first kappa shape index (κ1) is 21.8. The fourth-order valence-electron chi connectivity index (χ4n) is 2.96. The van der Waals surface area contributed by atoms with Crippen LogP contribution in [0.3, 0.4) is 0 Å². The first-order valence-electron chi connectivity index (χ1n) is 9.07. The Balaban J connectivity index is 2.13. The average Bonchev–Trinajstić information content (AvgIpc) is 2.71. The first-order valence-corrected chi connectivity index (χ1v) is 10.3. The summed E-state index contributed by atoms with van der Waals surface area (Å²) < 4.78 is 18.7. The summed E-state index contributed by atoms with van der Waals surface area (Å²) in [6, 6.07) is 12.2. The van der Waals surface area contributed by atoms with Gasteiger partial charge < -0.3 is 19.5 Å². The molecule has 2 N–H and O–H groups in total. The maximum Gasteiger partial charge on any atom is 0.273 e. The van der Waals surface area contributed by atoms with Gasteiger partial charge in [0, 0.05) is 55.5 Å². The van der Waals surface area contributed by atoms with Crippen molar-refractivity contribution < 1.29 is 4.39 Å². The molecule has 0 radical (unpaired) electrons. The van der Waals surface area contributed by atoms with Crippen LogP contribution >= 0.6 is 23.5 Å². The second-order valence-corrected chi connectivity index (χ2v) is 8.01. The van der Waals surface area contributed by atoms with Crippen molar-refractivity contribution in [3.05, 3.63) is 81.8 Å². The van der Waals surface area contributed by atoms with Crippen molar-refractivity contribution in [1.29, 1.82) is 0 Å². The lowest BCUT2D eigenvalue weighted by Crippen LogP contribution is -2.25. The van der Waals surface area contributed by atoms with Crippen LogP contribution in [0.5, 0.6) is 0 Å². The number of nitrogens with one attached hydrogen (secondary N) is 2. The summed E-state index contributed by atoms with van der Waals surface area (Å²) in [5, 5.41) is 5.01. The second kappa shape index (κ2) is 9.28. The molecule has 3 rings (SSSR count). The molecule has 0 atom stereocenters. The van der Waals surface area contributed by atoms with Crippen LogP contribution < -0.4 is 20.5 Å². The van der Waals surface area contributed by atoms with E-state index in [0.717, 1.165) is 22.5 Å². The molecule has 1 aromatic heterocycles. The number of rotatable bonds is 7. The maximum absolute atomic E-state index is 13.9. The average molecular weight is 445 g/mol. The Morgan fingerprint density at radius 2 is 1.90 bits per heavy atom. The highest BCUT2D eigenvalue weighted by Crippen LogP contribution is 2.35. The first-order chi connectivity index (χ1) is 14.3. The molecule has 0 fully saturated rings. The minimum atomic E-state index is -0.499. The molecule has 0 saturated heterocycles. The molecule has 0 amide bonds. The van der Waals surface area contributed by atoms with Gasteiger partial charge in [-0.05, 0) is 59.8 Å². The molecule has 2 aromatic carbocycles. The molecule has 0 aliphatic rings. The van der Waals surface area contributed by atoms with Crippen LogP contribution in [0.15, 0.2) is 65.4 Å². The fourth-order valence-corrected chi connectivity index (χ4v) is 3.42. The summed E-state index contributed by atoms with van der Waals surface area (Å²) in [4.78, 5) is 14.3. The topological polar surface area (TPSA) is 49.3 Å². The molecular formula is C22H22ClFN4OS. The normalized spacial score (nSPS) is 10.6. The van der Waals surface area contributed by atoms with E-state index in [0.29, 0.717) is 11.4 Å². The van der Waals surface area contributed by atoms with Gasteiger partial charge >= 0.3 is 0 Å². The zero-order chi connectivity index (χ0) is 21.8. The third-order valence-corrected chi connectivity index (χ3v) is 5.26. The summed E-state index contributed by atoms with van der Waals surface area (Å²) in [5.41, 5.74) is 4.35. The number of hydrogen-bond donors (Lipinski definition) is 2. The Hall–Kier alpha value is -2.90. The molecule has 8 heteroatoms. The third kappa shape index (κ3) is 4.80. The van der Waals surface area contributed by atoms with Crippen molar-refractivity contribution in [3.63, 3.8) is 0 Å². The highest BCUT2D eigenvalue weighted by Gasteiger charge is 2.13. The number of benzene rings is 2. The Kier molecular flexibility index (Phi) is 6.74. The zero-order valence-corrected chi connectivity index (χ0v) is 18.4. The summed E-state index contributed by atoms with van der Waals surface area (Å²) in [5.74, 6) is -0.499. The van der Waals surface area contributed by atoms with Crippen molar-refractivity contribution in [2.45, 2.75) is 0 Å². The molecular weight excluding hydrogens is 423 g/mol. The Labute approximate surface area is 184 Å². The monoisotopic (exact) mass is 444 g/mol. The van der Waals surface area contributed by atoms with Crippen molar-refractivity contribution in [3.8, 4) is 11.1 Å².